The van der Waals surface area contributed by atoms with E-state index in [4.69, 9.17) is 11.6 Å². The summed E-state index contributed by atoms with van der Waals surface area (Å²) in [6.45, 7) is 0. The summed E-state index contributed by atoms with van der Waals surface area (Å²) in [4.78, 5) is 27.2. The maximum Gasteiger partial charge on any atom is 0.471 e. The fourth-order valence-corrected chi connectivity index (χ4v) is 5.89. The number of aromatic nitrogens is 4. The van der Waals surface area contributed by atoms with Gasteiger partial charge in [0.15, 0.2) is 5.82 Å². The summed E-state index contributed by atoms with van der Waals surface area (Å²) < 4.78 is 40.6. The molecule has 0 bridgehead atoms. The average molecular weight is 667 g/mol. The smallest absolute Gasteiger partial charge is 0.339 e. The molecule has 7 nitrogen and oxygen atoms in total. The lowest BCUT2D eigenvalue weighted by molar-refractivity contribution is -0.167. The lowest BCUT2D eigenvalue weighted by atomic mass is 10.2. The average Bonchev–Trinajstić information content (AvgIpc) is 3.36. The van der Waals surface area contributed by atoms with Crippen molar-refractivity contribution in [2.45, 2.75) is 6.18 Å². The highest BCUT2D eigenvalue weighted by molar-refractivity contribution is 9.11. The first-order valence-corrected chi connectivity index (χ1v) is 12.9. The fourth-order valence-electron chi connectivity index (χ4n) is 2.72. The van der Waals surface area contributed by atoms with Gasteiger partial charge in [0, 0.05) is 11.4 Å². The normalized spacial score (nSPS) is 11.3. The van der Waals surface area contributed by atoms with Crippen molar-refractivity contribution in [1.29, 1.82) is 0 Å². The van der Waals surface area contributed by atoms with E-state index in [0.29, 0.717) is 16.7 Å². The predicted octanol–water partition coefficient (Wildman–Crippen LogP) is 7.81. The van der Waals surface area contributed by atoms with Crippen LogP contribution in [0.15, 0.2) is 56.6 Å². The minimum atomic E-state index is -4.94. The molecule has 35 heavy (non-hydrogen) atoms. The summed E-state index contributed by atoms with van der Waals surface area (Å²) in [6, 6.07) is 9.70. The maximum atomic E-state index is 12.3. The van der Waals surface area contributed by atoms with Crippen molar-refractivity contribution in [1.82, 2.24) is 19.9 Å². The zero-order valence-corrected chi connectivity index (χ0v) is 22.5. The molecule has 0 aliphatic heterocycles. The van der Waals surface area contributed by atoms with Gasteiger partial charge in [0.25, 0.3) is 0 Å². The van der Waals surface area contributed by atoms with E-state index in [2.05, 4.69) is 57.1 Å². The van der Waals surface area contributed by atoms with Crippen LogP contribution in [-0.2, 0) is 4.79 Å². The molecule has 4 heterocycles. The molecular formula is C20H10Br2ClF3N6OS2. The van der Waals surface area contributed by atoms with Gasteiger partial charge < -0.3 is 10.6 Å². The van der Waals surface area contributed by atoms with Gasteiger partial charge in [-0.1, -0.05) is 17.7 Å². The Bertz CT molecular complexity index is 1530. The van der Waals surface area contributed by atoms with Gasteiger partial charge in [-0.05, 0) is 62.2 Å². The van der Waals surface area contributed by atoms with Gasteiger partial charge in [-0.25, -0.2) is 19.9 Å². The van der Waals surface area contributed by atoms with Crippen LogP contribution >= 0.6 is 66.1 Å². The van der Waals surface area contributed by atoms with Crippen LogP contribution in [0.5, 0.6) is 0 Å². The van der Waals surface area contributed by atoms with E-state index in [1.165, 1.54) is 53.5 Å². The minimum Gasteiger partial charge on any atom is -0.339 e. The number of fused-ring (bicyclic) bond motifs is 2. The van der Waals surface area contributed by atoms with Gasteiger partial charge in [0.1, 0.15) is 17.8 Å². The first-order chi connectivity index (χ1) is 16.6. The second-order valence-corrected chi connectivity index (χ2v) is 11.8. The number of alkyl halides is 3. The molecule has 0 aliphatic rings. The lowest BCUT2D eigenvalue weighted by Crippen LogP contribution is -2.29. The Balaban J connectivity index is 0.000000218. The quantitative estimate of drug-likeness (QED) is 0.191. The van der Waals surface area contributed by atoms with E-state index >= 15 is 0 Å². The Morgan fingerprint density at radius 1 is 0.886 bits per heavy atom. The Hall–Kier alpha value is -2.39. The third kappa shape index (κ3) is 6.44. The highest BCUT2D eigenvalue weighted by atomic mass is 79.9. The number of benzene rings is 1. The van der Waals surface area contributed by atoms with E-state index in [1.54, 1.807) is 6.07 Å². The maximum absolute atomic E-state index is 12.3. The number of anilines is 3. The zero-order valence-electron chi connectivity index (χ0n) is 16.9. The van der Waals surface area contributed by atoms with Crippen molar-refractivity contribution in [3.05, 3.63) is 61.8 Å². The van der Waals surface area contributed by atoms with Crippen molar-refractivity contribution in [3.63, 3.8) is 0 Å². The van der Waals surface area contributed by atoms with E-state index in [9.17, 15) is 18.0 Å². The number of thiophene rings is 2. The summed E-state index contributed by atoms with van der Waals surface area (Å²) in [5.41, 5.74) is 2.15. The summed E-state index contributed by atoms with van der Waals surface area (Å²) in [5.74, 6) is -1.50. The lowest BCUT2D eigenvalue weighted by Gasteiger charge is -2.10. The van der Waals surface area contributed by atoms with E-state index < -0.39 is 12.1 Å². The van der Waals surface area contributed by atoms with Crippen molar-refractivity contribution in [3.8, 4) is 0 Å². The molecule has 1 aromatic carbocycles. The highest BCUT2D eigenvalue weighted by Gasteiger charge is 2.38. The molecule has 15 heteroatoms. The van der Waals surface area contributed by atoms with Gasteiger partial charge in [-0.3, -0.25) is 4.79 Å². The van der Waals surface area contributed by atoms with E-state index in [0.717, 1.165) is 28.0 Å². The first kappa shape index (κ1) is 25.7. The Labute approximate surface area is 225 Å². The number of rotatable bonds is 3. The minimum absolute atomic E-state index is 0.0278. The molecule has 0 spiro atoms. The van der Waals surface area contributed by atoms with Crippen LogP contribution in [0.25, 0.3) is 20.4 Å². The van der Waals surface area contributed by atoms with Crippen LogP contribution in [-0.4, -0.2) is 32.0 Å². The van der Waals surface area contributed by atoms with Crippen LogP contribution < -0.4 is 10.6 Å². The van der Waals surface area contributed by atoms with Crippen molar-refractivity contribution in [2.75, 3.05) is 10.6 Å². The molecule has 2 N–H and O–H groups in total. The molecule has 0 unspecified atom stereocenters. The van der Waals surface area contributed by atoms with Crippen LogP contribution in [0.1, 0.15) is 0 Å². The molecule has 0 saturated heterocycles. The standard InChI is InChI=1S/C14H8BrF3N4OS.C6H2BrClN2S/c15-10-5-9-11(24-10)12(20-6-19-9)21-7-2-1-3-8(4-7)22-13(23)14(16,17)18;7-4-1-3-5(11-4)6(8)10-2-9-3/h1-6H,(H,22,23)(H,19,20,21);1-2H. The van der Waals surface area contributed by atoms with Gasteiger partial charge in [-0.15, -0.1) is 22.7 Å². The Morgan fingerprint density at radius 3 is 2.14 bits per heavy atom. The van der Waals surface area contributed by atoms with Gasteiger partial charge in [0.2, 0.25) is 0 Å². The van der Waals surface area contributed by atoms with Gasteiger partial charge >= 0.3 is 12.1 Å². The summed E-state index contributed by atoms with van der Waals surface area (Å²) in [5, 5.41) is 5.35. The zero-order chi connectivity index (χ0) is 25.2. The molecule has 0 atom stereocenters. The second kappa shape index (κ2) is 10.7. The van der Waals surface area contributed by atoms with E-state index in [1.807, 2.05) is 17.4 Å². The molecule has 5 rings (SSSR count). The van der Waals surface area contributed by atoms with Gasteiger partial charge in [-0.2, -0.15) is 13.2 Å². The topological polar surface area (TPSA) is 92.7 Å². The molecule has 4 aromatic heterocycles. The van der Waals surface area contributed by atoms with Gasteiger partial charge in [0.05, 0.1) is 28.0 Å². The monoisotopic (exact) mass is 664 g/mol. The number of nitrogens with zero attached hydrogens (tertiary/aromatic N) is 4. The molecule has 1 amide bonds. The number of hydrogen-bond donors (Lipinski definition) is 2. The van der Waals surface area contributed by atoms with Crippen molar-refractivity contribution in [2.24, 2.45) is 0 Å². The first-order valence-electron chi connectivity index (χ1n) is 9.31. The van der Waals surface area contributed by atoms with E-state index in [-0.39, 0.29) is 5.69 Å². The fraction of sp³-hybridized carbons (Fsp3) is 0.0500. The third-order valence-electron chi connectivity index (χ3n) is 4.16. The largest absolute Gasteiger partial charge is 0.471 e. The summed E-state index contributed by atoms with van der Waals surface area (Å²) in [7, 11) is 0. The number of nitrogens with one attached hydrogen (secondary N) is 2. The molecule has 0 fully saturated rings. The van der Waals surface area contributed by atoms with Crippen LogP contribution in [0.4, 0.5) is 30.4 Å². The second-order valence-electron chi connectivity index (χ2n) is 6.57. The van der Waals surface area contributed by atoms with Crippen LogP contribution in [0.3, 0.4) is 0 Å². The van der Waals surface area contributed by atoms with Crippen LogP contribution in [0.2, 0.25) is 5.15 Å². The molecule has 180 valence electrons. The Kier molecular flexibility index (Phi) is 7.86. The third-order valence-corrected chi connectivity index (χ3v) is 7.83. The highest BCUT2D eigenvalue weighted by Crippen LogP contribution is 2.34. The molecule has 0 aliphatic carbocycles. The molecule has 0 radical (unpaired) electrons. The van der Waals surface area contributed by atoms with Crippen LogP contribution in [0, 0.1) is 0 Å². The Morgan fingerprint density at radius 2 is 1.49 bits per heavy atom. The number of carbonyl (C=O) groups is 1. The molecular weight excluding hydrogens is 657 g/mol. The molecule has 0 saturated carbocycles. The van der Waals surface area contributed by atoms with Crippen molar-refractivity contribution < 1.29 is 18.0 Å². The number of amides is 1. The summed E-state index contributed by atoms with van der Waals surface area (Å²) >= 11 is 15.5. The SMILES string of the molecule is Clc1ncnc2cc(Br)sc12.O=C(Nc1cccc(Nc2ncnc3cc(Br)sc23)c1)C(F)(F)F. The summed E-state index contributed by atoms with van der Waals surface area (Å²) in [6.07, 6.45) is -2.09. The number of halogens is 6. The molecule has 5 aromatic rings. The number of hydrogen-bond acceptors (Lipinski definition) is 8. The number of carbonyl (C=O) groups excluding carboxylic acids is 1. The predicted molar refractivity (Wildman–Crippen MR) is 140 cm³/mol. The van der Waals surface area contributed by atoms with Crippen molar-refractivity contribution >= 4 is 110 Å².